The Kier molecular flexibility index (Phi) is 2.81. The average Bonchev–Trinajstić information content (AvgIpc) is 2.81. The van der Waals surface area contributed by atoms with Gasteiger partial charge in [0.2, 0.25) is 0 Å². The molecule has 0 fully saturated rings. The molecule has 6 nitrogen and oxygen atoms in total. The summed E-state index contributed by atoms with van der Waals surface area (Å²) < 4.78 is 6.45. The highest BCUT2D eigenvalue weighted by Gasteiger charge is 2.00. The molecular weight excluding hydrogens is 208 g/mol. The van der Waals surface area contributed by atoms with Crippen molar-refractivity contribution in [2.45, 2.75) is 0 Å². The van der Waals surface area contributed by atoms with Crippen molar-refractivity contribution in [3.8, 4) is 11.5 Å². The van der Waals surface area contributed by atoms with Crippen molar-refractivity contribution in [3.63, 3.8) is 0 Å². The molecule has 0 aliphatic carbocycles. The van der Waals surface area contributed by atoms with Crippen molar-refractivity contribution >= 4 is 6.21 Å². The summed E-state index contributed by atoms with van der Waals surface area (Å²) in [6.07, 6.45) is 4.58. The first-order chi connectivity index (χ1) is 7.79. The Labute approximate surface area is 91.8 Å². The van der Waals surface area contributed by atoms with Gasteiger partial charge in [0.1, 0.15) is 12.7 Å². The van der Waals surface area contributed by atoms with E-state index in [1.54, 1.807) is 24.4 Å². The fourth-order valence-electron chi connectivity index (χ4n) is 1.16. The summed E-state index contributed by atoms with van der Waals surface area (Å²) in [5.74, 6) is 0.511. The Balaban J connectivity index is 2.22. The van der Waals surface area contributed by atoms with Gasteiger partial charge in [-0.2, -0.15) is 5.10 Å². The van der Waals surface area contributed by atoms with E-state index in [0.717, 1.165) is 5.56 Å². The molecular formula is C10H10N4O2. The molecule has 1 aromatic carbocycles. The van der Waals surface area contributed by atoms with Crippen molar-refractivity contribution in [2.24, 2.45) is 5.10 Å². The summed E-state index contributed by atoms with van der Waals surface area (Å²) in [5, 5.41) is 20.7. The van der Waals surface area contributed by atoms with Gasteiger partial charge in [-0.15, -0.1) is 10.2 Å². The van der Waals surface area contributed by atoms with Crippen LogP contribution in [0.4, 0.5) is 0 Å². The van der Waals surface area contributed by atoms with Crippen LogP contribution in [0.3, 0.4) is 0 Å². The van der Waals surface area contributed by atoms with Gasteiger partial charge in [0.25, 0.3) is 0 Å². The number of phenols is 1. The fraction of sp³-hybridized carbons (Fsp3) is 0.100. The van der Waals surface area contributed by atoms with Gasteiger partial charge in [-0.05, 0) is 23.8 Å². The molecule has 1 N–H and O–H groups in total. The molecule has 1 aromatic heterocycles. The second kappa shape index (κ2) is 4.43. The van der Waals surface area contributed by atoms with Gasteiger partial charge in [-0.25, -0.2) is 4.68 Å². The molecule has 6 heteroatoms. The molecule has 16 heavy (non-hydrogen) atoms. The van der Waals surface area contributed by atoms with E-state index in [1.807, 2.05) is 0 Å². The Morgan fingerprint density at radius 1 is 1.38 bits per heavy atom. The predicted octanol–water partition coefficient (Wildman–Crippen LogP) is 0.875. The van der Waals surface area contributed by atoms with Crippen LogP contribution in [-0.2, 0) is 0 Å². The normalized spacial score (nSPS) is 10.8. The molecule has 0 aliphatic rings. The number of benzene rings is 1. The van der Waals surface area contributed by atoms with Gasteiger partial charge in [0.15, 0.2) is 11.5 Å². The van der Waals surface area contributed by atoms with Crippen LogP contribution in [0.5, 0.6) is 11.5 Å². The van der Waals surface area contributed by atoms with Crippen molar-refractivity contribution in [1.29, 1.82) is 0 Å². The highest BCUT2D eigenvalue weighted by atomic mass is 16.5. The standard InChI is InChI=1S/C10H10N4O2/c1-16-10-4-8(2-3-9(10)15)5-13-14-6-11-12-7-14/h2-7,15H,1H3. The molecule has 2 rings (SSSR count). The van der Waals surface area contributed by atoms with Crippen LogP contribution in [-0.4, -0.2) is 33.3 Å². The zero-order valence-electron chi connectivity index (χ0n) is 8.61. The van der Waals surface area contributed by atoms with Crippen molar-refractivity contribution in [3.05, 3.63) is 36.4 Å². The van der Waals surface area contributed by atoms with Gasteiger partial charge in [0.05, 0.1) is 13.3 Å². The second-order valence-corrected chi connectivity index (χ2v) is 3.02. The Morgan fingerprint density at radius 3 is 2.81 bits per heavy atom. The lowest BCUT2D eigenvalue weighted by Crippen LogP contribution is -1.89. The monoisotopic (exact) mass is 218 g/mol. The highest BCUT2D eigenvalue weighted by Crippen LogP contribution is 2.25. The van der Waals surface area contributed by atoms with Crippen LogP contribution < -0.4 is 4.74 Å². The van der Waals surface area contributed by atoms with E-state index in [-0.39, 0.29) is 5.75 Å². The minimum atomic E-state index is 0.101. The van der Waals surface area contributed by atoms with Crippen LogP contribution >= 0.6 is 0 Å². The van der Waals surface area contributed by atoms with Gasteiger partial charge in [0, 0.05) is 0 Å². The number of nitrogens with zero attached hydrogens (tertiary/aromatic N) is 4. The number of aromatic hydroxyl groups is 1. The third kappa shape index (κ3) is 2.17. The first kappa shape index (κ1) is 10.2. The van der Waals surface area contributed by atoms with E-state index in [2.05, 4.69) is 15.3 Å². The number of methoxy groups -OCH3 is 1. The zero-order valence-corrected chi connectivity index (χ0v) is 8.61. The van der Waals surface area contributed by atoms with Gasteiger partial charge in [-0.3, -0.25) is 0 Å². The topological polar surface area (TPSA) is 72.5 Å². The Hall–Kier alpha value is -2.37. The quantitative estimate of drug-likeness (QED) is 0.776. The van der Waals surface area contributed by atoms with Gasteiger partial charge >= 0.3 is 0 Å². The number of rotatable bonds is 3. The molecule has 0 radical (unpaired) electrons. The summed E-state index contributed by atoms with van der Waals surface area (Å²) in [6.45, 7) is 0. The van der Waals surface area contributed by atoms with Crippen molar-refractivity contribution < 1.29 is 9.84 Å². The number of ether oxygens (including phenoxy) is 1. The lowest BCUT2D eigenvalue weighted by molar-refractivity contribution is 0.373. The van der Waals surface area contributed by atoms with Crippen molar-refractivity contribution in [1.82, 2.24) is 14.9 Å². The lowest BCUT2D eigenvalue weighted by atomic mass is 10.2. The summed E-state index contributed by atoms with van der Waals surface area (Å²) >= 11 is 0. The Morgan fingerprint density at radius 2 is 2.12 bits per heavy atom. The molecule has 2 aromatic rings. The smallest absolute Gasteiger partial charge is 0.161 e. The highest BCUT2D eigenvalue weighted by molar-refractivity contribution is 5.80. The van der Waals surface area contributed by atoms with Crippen LogP contribution in [0.2, 0.25) is 0 Å². The van der Waals surface area contributed by atoms with Crippen LogP contribution in [0, 0.1) is 0 Å². The lowest BCUT2D eigenvalue weighted by Gasteiger charge is -2.03. The van der Waals surface area contributed by atoms with E-state index < -0.39 is 0 Å². The molecule has 82 valence electrons. The molecule has 0 atom stereocenters. The van der Waals surface area contributed by atoms with Crippen LogP contribution in [0.15, 0.2) is 36.0 Å². The van der Waals surface area contributed by atoms with E-state index in [9.17, 15) is 5.11 Å². The molecule has 0 saturated heterocycles. The summed E-state index contributed by atoms with van der Waals surface area (Å²) in [6, 6.07) is 4.96. The molecule has 0 saturated carbocycles. The third-order valence-electron chi connectivity index (χ3n) is 1.95. The first-order valence-corrected chi connectivity index (χ1v) is 4.55. The molecule has 0 aliphatic heterocycles. The number of phenolic OH excluding ortho intramolecular Hbond substituents is 1. The summed E-state index contributed by atoms with van der Waals surface area (Å²) in [7, 11) is 1.50. The average molecular weight is 218 g/mol. The maximum absolute atomic E-state index is 9.39. The predicted molar refractivity (Wildman–Crippen MR) is 57.7 cm³/mol. The molecule has 0 amide bonds. The second-order valence-electron chi connectivity index (χ2n) is 3.02. The van der Waals surface area contributed by atoms with E-state index in [4.69, 9.17) is 4.74 Å². The van der Waals surface area contributed by atoms with Crippen LogP contribution in [0.25, 0.3) is 0 Å². The maximum atomic E-state index is 9.39. The summed E-state index contributed by atoms with van der Waals surface area (Å²) in [5.41, 5.74) is 0.809. The minimum Gasteiger partial charge on any atom is -0.504 e. The SMILES string of the molecule is COc1cc(C=Nn2cnnc2)ccc1O. The third-order valence-corrected chi connectivity index (χ3v) is 1.95. The summed E-state index contributed by atoms with van der Waals surface area (Å²) in [4.78, 5) is 0. The minimum absolute atomic E-state index is 0.101. The maximum Gasteiger partial charge on any atom is 0.161 e. The fourth-order valence-corrected chi connectivity index (χ4v) is 1.16. The zero-order chi connectivity index (χ0) is 11.4. The van der Waals surface area contributed by atoms with E-state index in [0.29, 0.717) is 5.75 Å². The van der Waals surface area contributed by atoms with E-state index >= 15 is 0 Å². The first-order valence-electron chi connectivity index (χ1n) is 4.55. The van der Waals surface area contributed by atoms with E-state index in [1.165, 1.54) is 24.4 Å². The van der Waals surface area contributed by atoms with Gasteiger partial charge in [-0.1, -0.05) is 0 Å². The molecule has 0 unspecified atom stereocenters. The Bertz CT molecular complexity index is 494. The molecule has 0 bridgehead atoms. The van der Waals surface area contributed by atoms with Crippen LogP contribution in [0.1, 0.15) is 5.56 Å². The molecule has 0 spiro atoms. The number of hydrogen-bond acceptors (Lipinski definition) is 5. The largest absolute Gasteiger partial charge is 0.504 e. The number of aromatic nitrogens is 3. The molecule has 1 heterocycles. The van der Waals surface area contributed by atoms with Crippen molar-refractivity contribution in [2.75, 3.05) is 7.11 Å². The number of hydrogen-bond donors (Lipinski definition) is 1. The van der Waals surface area contributed by atoms with Gasteiger partial charge < -0.3 is 9.84 Å².